The van der Waals surface area contributed by atoms with Crippen molar-refractivity contribution in [1.82, 2.24) is 4.98 Å². The molecule has 16 heavy (non-hydrogen) atoms. The molecule has 0 aliphatic heterocycles. The lowest BCUT2D eigenvalue weighted by molar-refractivity contribution is 0.327. The van der Waals surface area contributed by atoms with Crippen LogP contribution in [0, 0.1) is 5.92 Å². The zero-order chi connectivity index (χ0) is 11.4. The standard InChI is InChI=1S/C13H19ClN2/c1-2-10-5-3-6-11(9-10)15-13-8-4-7-12(14)16-13/h4,7-8,10-11H,2-3,5-6,9H2,1H3,(H,15,16). The molecule has 2 rings (SSSR count). The fourth-order valence-electron chi connectivity index (χ4n) is 2.49. The summed E-state index contributed by atoms with van der Waals surface area (Å²) in [6.45, 7) is 2.28. The average molecular weight is 239 g/mol. The SMILES string of the molecule is CCC1CCCC(Nc2cccc(Cl)n2)C1. The Labute approximate surface area is 102 Å². The molecule has 0 bridgehead atoms. The Morgan fingerprint density at radius 3 is 3.06 bits per heavy atom. The van der Waals surface area contributed by atoms with Crippen LogP contribution in [0.5, 0.6) is 0 Å². The Bertz CT molecular complexity index is 340. The molecule has 0 amide bonds. The molecule has 1 aliphatic carbocycles. The second-order valence-electron chi connectivity index (χ2n) is 4.63. The Morgan fingerprint density at radius 2 is 2.31 bits per heavy atom. The van der Waals surface area contributed by atoms with E-state index in [0.717, 1.165) is 11.7 Å². The summed E-state index contributed by atoms with van der Waals surface area (Å²) in [7, 11) is 0. The summed E-state index contributed by atoms with van der Waals surface area (Å²) in [6, 6.07) is 6.31. The maximum absolute atomic E-state index is 5.87. The van der Waals surface area contributed by atoms with Gasteiger partial charge in [-0.15, -0.1) is 0 Å². The largest absolute Gasteiger partial charge is 0.367 e. The summed E-state index contributed by atoms with van der Waals surface area (Å²) in [5.41, 5.74) is 0. The minimum atomic E-state index is 0.563. The molecule has 0 saturated heterocycles. The first-order chi connectivity index (χ1) is 7.78. The van der Waals surface area contributed by atoms with Gasteiger partial charge < -0.3 is 5.32 Å². The van der Waals surface area contributed by atoms with Gasteiger partial charge in [0.1, 0.15) is 11.0 Å². The van der Waals surface area contributed by atoms with Crippen LogP contribution < -0.4 is 5.32 Å². The number of rotatable bonds is 3. The van der Waals surface area contributed by atoms with E-state index in [1.165, 1.54) is 32.1 Å². The fourth-order valence-corrected chi connectivity index (χ4v) is 2.65. The van der Waals surface area contributed by atoms with Gasteiger partial charge >= 0.3 is 0 Å². The lowest BCUT2D eigenvalue weighted by atomic mass is 9.84. The van der Waals surface area contributed by atoms with Gasteiger partial charge in [-0.2, -0.15) is 0 Å². The van der Waals surface area contributed by atoms with Crippen LogP contribution in [-0.2, 0) is 0 Å². The topological polar surface area (TPSA) is 24.9 Å². The van der Waals surface area contributed by atoms with Crippen LogP contribution >= 0.6 is 11.6 Å². The quantitative estimate of drug-likeness (QED) is 0.802. The molecule has 0 aromatic carbocycles. The maximum atomic E-state index is 5.87. The summed E-state index contributed by atoms with van der Waals surface area (Å²) >= 11 is 5.87. The first-order valence-electron chi connectivity index (χ1n) is 6.17. The van der Waals surface area contributed by atoms with Crippen LogP contribution in [0.1, 0.15) is 39.0 Å². The lowest BCUT2D eigenvalue weighted by Crippen LogP contribution is -2.27. The number of hydrogen-bond acceptors (Lipinski definition) is 2. The molecule has 1 saturated carbocycles. The smallest absolute Gasteiger partial charge is 0.131 e. The predicted octanol–water partition coefficient (Wildman–Crippen LogP) is 4.12. The Hall–Kier alpha value is -0.760. The van der Waals surface area contributed by atoms with E-state index in [9.17, 15) is 0 Å². The summed E-state index contributed by atoms with van der Waals surface area (Å²) in [4.78, 5) is 4.27. The lowest BCUT2D eigenvalue weighted by Gasteiger charge is -2.29. The van der Waals surface area contributed by atoms with Crippen LogP contribution in [0.15, 0.2) is 18.2 Å². The first-order valence-corrected chi connectivity index (χ1v) is 6.55. The van der Waals surface area contributed by atoms with Gasteiger partial charge in [0.15, 0.2) is 0 Å². The molecule has 1 aromatic heterocycles. The molecule has 1 fully saturated rings. The summed E-state index contributed by atoms with van der Waals surface area (Å²) < 4.78 is 0. The first kappa shape index (κ1) is 11.7. The van der Waals surface area contributed by atoms with E-state index in [1.807, 2.05) is 18.2 Å². The second-order valence-corrected chi connectivity index (χ2v) is 5.01. The van der Waals surface area contributed by atoms with E-state index < -0.39 is 0 Å². The Balaban J connectivity index is 1.94. The third-order valence-electron chi connectivity index (χ3n) is 3.43. The Kier molecular flexibility index (Phi) is 4.05. The van der Waals surface area contributed by atoms with Crippen molar-refractivity contribution in [3.05, 3.63) is 23.4 Å². The maximum Gasteiger partial charge on any atom is 0.131 e. The molecule has 2 unspecified atom stereocenters. The van der Waals surface area contributed by atoms with Gasteiger partial charge in [0, 0.05) is 6.04 Å². The third kappa shape index (κ3) is 3.11. The highest BCUT2D eigenvalue weighted by Gasteiger charge is 2.20. The molecule has 88 valence electrons. The van der Waals surface area contributed by atoms with Crippen molar-refractivity contribution >= 4 is 17.4 Å². The summed E-state index contributed by atoms with van der Waals surface area (Å²) in [5, 5.41) is 4.05. The number of halogens is 1. The number of hydrogen-bond donors (Lipinski definition) is 1. The minimum Gasteiger partial charge on any atom is -0.367 e. The highest BCUT2D eigenvalue weighted by molar-refractivity contribution is 6.29. The molecular formula is C13H19ClN2. The molecule has 1 aliphatic rings. The van der Waals surface area contributed by atoms with E-state index in [4.69, 9.17) is 11.6 Å². The molecule has 2 nitrogen and oxygen atoms in total. The van der Waals surface area contributed by atoms with E-state index in [1.54, 1.807) is 0 Å². The van der Waals surface area contributed by atoms with E-state index >= 15 is 0 Å². The van der Waals surface area contributed by atoms with Gasteiger partial charge in [0.2, 0.25) is 0 Å². The Morgan fingerprint density at radius 1 is 1.44 bits per heavy atom. The number of nitrogens with one attached hydrogen (secondary N) is 1. The van der Waals surface area contributed by atoms with E-state index in [0.29, 0.717) is 11.2 Å². The van der Waals surface area contributed by atoms with Crippen molar-refractivity contribution in [2.75, 3.05) is 5.32 Å². The molecule has 0 spiro atoms. The zero-order valence-electron chi connectivity index (χ0n) is 9.75. The number of nitrogens with zero attached hydrogens (tertiary/aromatic N) is 1. The van der Waals surface area contributed by atoms with E-state index in [-0.39, 0.29) is 0 Å². The molecule has 2 atom stereocenters. The van der Waals surface area contributed by atoms with Gasteiger partial charge in [0.05, 0.1) is 0 Å². The molecule has 1 aromatic rings. The number of anilines is 1. The highest BCUT2D eigenvalue weighted by atomic mass is 35.5. The van der Waals surface area contributed by atoms with Gasteiger partial charge in [-0.1, -0.05) is 43.9 Å². The number of aromatic nitrogens is 1. The number of pyridine rings is 1. The van der Waals surface area contributed by atoms with Gasteiger partial charge in [-0.25, -0.2) is 4.98 Å². The predicted molar refractivity (Wildman–Crippen MR) is 68.9 cm³/mol. The van der Waals surface area contributed by atoms with Crippen molar-refractivity contribution in [1.29, 1.82) is 0 Å². The fraction of sp³-hybridized carbons (Fsp3) is 0.615. The normalized spacial score (nSPS) is 25.4. The third-order valence-corrected chi connectivity index (χ3v) is 3.64. The van der Waals surface area contributed by atoms with Crippen molar-refractivity contribution in [3.63, 3.8) is 0 Å². The van der Waals surface area contributed by atoms with Gasteiger partial charge in [0.25, 0.3) is 0 Å². The molecule has 1 N–H and O–H groups in total. The van der Waals surface area contributed by atoms with Crippen LogP contribution in [0.3, 0.4) is 0 Å². The average Bonchev–Trinajstić information content (AvgIpc) is 2.29. The molecule has 1 heterocycles. The van der Waals surface area contributed by atoms with Crippen LogP contribution in [0.4, 0.5) is 5.82 Å². The summed E-state index contributed by atoms with van der Waals surface area (Å²) in [6.07, 6.45) is 6.53. The zero-order valence-corrected chi connectivity index (χ0v) is 10.5. The van der Waals surface area contributed by atoms with Crippen LogP contribution in [-0.4, -0.2) is 11.0 Å². The van der Waals surface area contributed by atoms with Crippen LogP contribution in [0.25, 0.3) is 0 Å². The highest BCUT2D eigenvalue weighted by Crippen LogP contribution is 2.28. The van der Waals surface area contributed by atoms with Crippen molar-refractivity contribution in [3.8, 4) is 0 Å². The summed E-state index contributed by atoms with van der Waals surface area (Å²) in [5.74, 6) is 1.79. The molecule has 3 heteroatoms. The van der Waals surface area contributed by atoms with Crippen LogP contribution in [0.2, 0.25) is 5.15 Å². The molecule has 0 radical (unpaired) electrons. The van der Waals surface area contributed by atoms with Gasteiger partial charge in [-0.3, -0.25) is 0 Å². The second kappa shape index (κ2) is 5.53. The van der Waals surface area contributed by atoms with E-state index in [2.05, 4.69) is 17.2 Å². The van der Waals surface area contributed by atoms with Crippen molar-refractivity contribution in [2.45, 2.75) is 45.1 Å². The minimum absolute atomic E-state index is 0.563. The monoisotopic (exact) mass is 238 g/mol. The van der Waals surface area contributed by atoms with Gasteiger partial charge in [-0.05, 0) is 30.9 Å². The van der Waals surface area contributed by atoms with Crippen molar-refractivity contribution in [2.24, 2.45) is 5.92 Å². The van der Waals surface area contributed by atoms with Crippen molar-refractivity contribution < 1.29 is 0 Å². The molecular weight excluding hydrogens is 220 g/mol.